The molecule has 146 valence electrons. The summed E-state index contributed by atoms with van der Waals surface area (Å²) < 4.78 is 5.92. The number of aryl methyl sites for hydroxylation is 2. The van der Waals surface area contributed by atoms with Crippen LogP contribution in [-0.4, -0.2) is 18.5 Å². The minimum absolute atomic E-state index is 0.169. The fourth-order valence-electron chi connectivity index (χ4n) is 3.19. The van der Waals surface area contributed by atoms with Crippen molar-refractivity contribution in [3.05, 3.63) is 64.9 Å². The molecule has 1 unspecified atom stereocenters. The Kier molecular flexibility index (Phi) is 5.68. The first-order chi connectivity index (χ1) is 13.4. The third-order valence-corrected chi connectivity index (χ3v) is 4.71. The Hall–Kier alpha value is -3.28. The molecule has 0 saturated carbocycles. The van der Waals surface area contributed by atoms with Crippen molar-refractivity contribution in [2.24, 2.45) is 0 Å². The Morgan fingerprint density at radius 3 is 2.57 bits per heavy atom. The third kappa shape index (κ3) is 4.01. The predicted octanol–water partition coefficient (Wildman–Crippen LogP) is 4.68. The molecule has 6 nitrogen and oxygen atoms in total. The first-order valence-electron chi connectivity index (χ1n) is 9.35. The van der Waals surface area contributed by atoms with Crippen LogP contribution in [0.5, 0.6) is 0 Å². The van der Waals surface area contributed by atoms with Crippen LogP contribution in [0.2, 0.25) is 0 Å². The zero-order chi connectivity index (χ0) is 20.3. The summed E-state index contributed by atoms with van der Waals surface area (Å²) in [4.78, 5) is 24.5. The number of hydrogen-bond acceptors (Lipinski definition) is 3. The average Bonchev–Trinajstić information content (AvgIpc) is 3.01. The van der Waals surface area contributed by atoms with Crippen molar-refractivity contribution >= 4 is 28.6 Å². The third-order valence-electron chi connectivity index (χ3n) is 4.71. The van der Waals surface area contributed by atoms with Crippen LogP contribution < -0.4 is 16.0 Å². The number of carbonyl (C=O) groups excluding carboxylic acids is 2. The summed E-state index contributed by atoms with van der Waals surface area (Å²) in [6.45, 7) is 8.15. The average molecular weight is 379 g/mol. The maximum Gasteiger partial charge on any atom is 0.319 e. The molecule has 1 heterocycles. The molecule has 0 aliphatic heterocycles. The molecule has 6 heteroatoms. The Morgan fingerprint density at radius 2 is 1.86 bits per heavy atom. The molecule has 28 heavy (non-hydrogen) atoms. The number of carbonyl (C=O) groups is 2. The van der Waals surface area contributed by atoms with Gasteiger partial charge in [-0.3, -0.25) is 4.79 Å². The molecule has 0 aliphatic carbocycles. The van der Waals surface area contributed by atoms with Crippen LogP contribution in [0.3, 0.4) is 0 Å². The molecule has 0 radical (unpaired) electrons. The molecular formula is C22H25N3O3. The minimum Gasteiger partial charge on any atom is -0.459 e. The van der Waals surface area contributed by atoms with Crippen molar-refractivity contribution in [1.29, 1.82) is 0 Å². The quantitative estimate of drug-likeness (QED) is 0.602. The second-order valence-electron chi connectivity index (χ2n) is 6.80. The molecule has 3 N–H and O–H groups in total. The Bertz CT molecular complexity index is 1020. The van der Waals surface area contributed by atoms with Gasteiger partial charge in [0.15, 0.2) is 0 Å². The van der Waals surface area contributed by atoms with Gasteiger partial charge in [-0.05, 0) is 51.5 Å². The summed E-state index contributed by atoms with van der Waals surface area (Å²) in [6.07, 6.45) is 0. The van der Waals surface area contributed by atoms with Gasteiger partial charge >= 0.3 is 6.03 Å². The van der Waals surface area contributed by atoms with Gasteiger partial charge in [0.1, 0.15) is 11.3 Å². The molecule has 0 spiro atoms. The molecule has 3 aromatic rings. The lowest BCUT2D eigenvalue weighted by molar-refractivity contribution is 0.0956. The number of rotatable bonds is 5. The lowest BCUT2D eigenvalue weighted by Gasteiger charge is -2.15. The van der Waals surface area contributed by atoms with Crippen molar-refractivity contribution in [1.82, 2.24) is 10.6 Å². The lowest BCUT2D eigenvalue weighted by Crippen LogP contribution is -2.31. The number of hydrogen-bond donors (Lipinski definition) is 3. The van der Waals surface area contributed by atoms with E-state index in [1.165, 1.54) is 0 Å². The normalized spacial score (nSPS) is 11.9. The van der Waals surface area contributed by atoms with Gasteiger partial charge in [-0.15, -0.1) is 0 Å². The number of urea groups is 1. The molecule has 0 saturated heterocycles. The van der Waals surface area contributed by atoms with Crippen LogP contribution in [-0.2, 0) is 0 Å². The van der Waals surface area contributed by atoms with Gasteiger partial charge in [-0.25, -0.2) is 4.79 Å². The fourth-order valence-corrected chi connectivity index (χ4v) is 3.19. The fraction of sp³-hybridized carbons (Fsp3) is 0.273. The molecule has 3 rings (SSSR count). The summed E-state index contributed by atoms with van der Waals surface area (Å²) in [7, 11) is 0. The van der Waals surface area contributed by atoms with Crippen LogP contribution in [0.25, 0.3) is 11.0 Å². The van der Waals surface area contributed by atoms with Crippen molar-refractivity contribution < 1.29 is 14.0 Å². The zero-order valence-corrected chi connectivity index (χ0v) is 16.6. The van der Waals surface area contributed by atoms with E-state index >= 15 is 0 Å². The Labute approximate surface area is 164 Å². The van der Waals surface area contributed by atoms with Gasteiger partial charge in [-0.1, -0.05) is 24.3 Å². The van der Waals surface area contributed by atoms with Gasteiger partial charge < -0.3 is 20.4 Å². The first-order valence-corrected chi connectivity index (χ1v) is 9.35. The maximum absolute atomic E-state index is 12.5. The van der Waals surface area contributed by atoms with Crippen molar-refractivity contribution in [2.45, 2.75) is 33.7 Å². The summed E-state index contributed by atoms with van der Waals surface area (Å²) in [5.74, 6) is 0.557. The molecule has 1 atom stereocenters. The van der Waals surface area contributed by atoms with Gasteiger partial charge in [-0.2, -0.15) is 0 Å². The summed E-state index contributed by atoms with van der Waals surface area (Å²) >= 11 is 0. The number of para-hydroxylation sites is 1. The highest BCUT2D eigenvalue weighted by molar-refractivity contribution is 5.97. The predicted molar refractivity (Wildman–Crippen MR) is 111 cm³/mol. The lowest BCUT2D eigenvalue weighted by atomic mass is 10.1. The van der Waals surface area contributed by atoms with E-state index in [9.17, 15) is 9.59 Å². The molecule has 2 aromatic carbocycles. The van der Waals surface area contributed by atoms with E-state index in [1.807, 2.05) is 58.0 Å². The van der Waals surface area contributed by atoms with Crippen LogP contribution in [0.4, 0.5) is 10.5 Å². The number of benzene rings is 2. The summed E-state index contributed by atoms with van der Waals surface area (Å²) in [5, 5.41) is 9.53. The number of anilines is 1. The highest BCUT2D eigenvalue weighted by Gasteiger charge is 2.19. The second-order valence-corrected chi connectivity index (χ2v) is 6.80. The van der Waals surface area contributed by atoms with E-state index in [1.54, 1.807) is 12.1 Å². The SMILES string of the molecule is CCNC(=O)c1ccc(C)c(NC(=O)NC(C)c2oc3ccccc3c2C)c1. The van der Waals surface area contributed by atoms with Crippen molar-refractivity contribution in [2.75, 3.05) is 11.9 Å². The summed E-state index contributed by atoms with van der Waals surface area (Å²) in [6, 6.07) is 12.4. The Morgan fingerprint density at radius 1 is 1.11 bits per heavy atom. The number of nitrogens with one attached hydrogen (secondary N) is 3. The van der Waals surface area contributed by atoms with E-state index in [4.69, 9.17) is 4.42 Å². The van der Waals surface area contributed by atoms with Crippen LogP contribution in [0.15, 0.2) is 46.9 Å². The van der Waals surface area contributed by atoms with Gasteiger partial charge in [0.05, 0.1) is 6.04 Å². The smallest absolute Gasteiger partial charge is 0.319 e. The van der Waals surface area contributed by atoms with E-state index in [2.05, 4.69) is 16.0 Å². The molecule has 0 aliphatic rings. The summed E-state index contributed by atoms with van der Waals surface area (Å²) in [5.41, 5.74) is 3.78. The Balaban J connectivity index is 1.73. The van der Waals surface area contributed by atoms with E-state index in [0.717, 1.165) is 27.9 Å². The van der Waals surface area contributed by atoms with Gasteiger partial charge in [0, 0.05) is 28.7 Å². The molecule has 3 amide bonds. The largest absolute Gasteiger partial charge is 0.459 e. The van der Waals surface area contributed by atoms with Crippen molar-refractivity contribution in [3.8, 4) is 0 Å². The van der Waals surface area contributed by atoms with Crippen molar-refractivity contribution in [3.63, 3.8) is 0 Å². The van der Waals surface area contributed by atoms with Gasteiger partial charge in [0.25, 0.3) is 5.91 Å². The number of fused-ring (bicyclic) bond motifs is 1. The minimum atomic E-state index is -0.358. The van der Waals surface area contributed by atoms with Crippen LogP contribution in [0, 0.1) is 13.8 Å². The second kappa shape index (κ2) is 8.17. The van der Waals surface area contributed by atoms with Gasteiger partial charge in [0.2, 0.25) is 0 Å². The van der Waals surface area contributed by atoms with Crippen LogP contribution in [0.1, 0.15) is 47.1 Å². The molecule has 0 fully saturated rings. The zero-order valence-electron chi connectivity index (χ0n) is 16.6. The standard InChI is InChI=1S/C22H25N3O3/c1-5-23-21(26)16-11-10-13(2)18(12-16)25-22(27)24-15(4)20-14(3)17-8-6-7-9-19(17)28-20/h6-12,15H,5H2,1-4H3,(H,23,26)(H2,24,25,27). The van der Waals surface area contributed by atoms with E-state index < -0.39 is 0 Å². The maximum atomic E-state index is 12.5. The highest BCUT2D eigenvalue weighted by atomic mass is 16.3. The van der Waals surface area contributed by atoms with E-state index in [-0.39, 0.29) is 18.0 Å². The first kappa shape index (κ1) is 19.5. The highest BCUT2D eigenvalue weighted by Crippen LogP contribution is 2.29. The number of furan rings is 1. The monoisotopic (exact) mass is 379 g/mol. The molecular weight excluding hydrogens is 354 g/mol. The van der Waals surface area contributed by atoms with E-state index in [0.29, 0.717) is 17.8 Å². The topological polar surface area (TPSA) is 83.4 Å². The number of amides is 3. The van der Waals surface area contributed by atoms with Crippen LogP contribution >= 0.6 is 0 Å². The molecule has 1 aromatic heterocycles. The molecule has 0 bridgehead atoms.